The average Bonchev–Trinajstić information content (AvgIpc) is 2.40. The molecule has 0 aliphatic rings. The van der Waals surface area contributed by atoms with Gasteiger partial charge in [-0.2, -0.15) is 0 Å². The molecule has 0 aliphatic heterocycles. The molecular weight excluding hydrogens is 256 g/mol. The van der Waals surface area contributed by atoms with Crippen LogP contribution in [0.25, 0.3) is 0 Å². The van der Waals surface area contributed by atoms with E-state index in [1.54, 1.807) is 19.9 Å². The van der Waals surface area contributed by atoms with E-state index in [4.69, 9.17) is 5.11 Å². The molecule has 5 nitrogen and oxygen atoms in total. The van der Waals surface area contributed by atoms with Gasteiger partial charge in [0.25, 0.3) is 0 Å². The van der Waals surface area contributed by atoms with Crippen LogP contribution < -0.4 is 10.6 Å². The summed E-state index contributed by atoms with van der Waals surface area (Å²) in [6.45, 7) is 7.34. The second kappa shape index (κ2) is 7.05. The van der Waals surface area contributed by atoms with Crippen LogP contribution in [0.4, 0.5) is 5.69 Å². The van der Waals surface area contributed by atoms with Gasteiger partial charge in [-0.25, -0.2) is 0 Å². The Bertz CT molecular complexity index is 500. The third-order valence-electron chi connectivity index (χ3n) is 3.34. The molecule has 0 radical (unpaired) electrons. The lowest BCUT2D eigenvalue weighted by Crippen LogP contribution is -2.44. The molecule has 0 aromatic heterocycles. The van der Waals surface area contributed by atoms with Gasteiger partial charge in [0.1, 0.15) is 0 Å². The summed E-state index contributed by atoms with van der Waals surface area (Å²) in [5.74, 6) is -1.50. The van der Waals surface area contributed by atoms with Crippen LogP contribution in [0.5, 0.6) is 0 Å². The van der Waals surface area contributed by atoms with Crippen LogP contribution in [0.15, 0.2) is 18.2 Å². The lowest BCUT2D eigenvalue weighted by molar-refractivity contribution is -0.136. The van der Waals surface area contributed by atoms with Gasteiger partial charge in [-0.3, -0.25) is 9.59 Å². The lowest BCUT2D eigenvalue weighted by Gasteiger charge is -2.19. The minimum Gasteiger partial charge on any atom is -0.396 e. The van der Waals surface area contributed by atoms with E-state index in [9.17, 15) is 9.59 Å². The molecule has 0 aliphatic carbocycles. The molecule has 2 unspecified atom stereocenters. The van der Waals surface area contributed by atoms with Gasteiger partial charge < -0.3 is 15.7 Å². The highest BCUT2D eigenvalue weighted by atomic mass is 16.3. The smallest absolute Gasteiger partial charge is 0.313 e. The van der Waals surface area contributed by atoms with Crippen molar-refractivity contribution in [1.29, 1.82) is 0 Å². The minimum atomic E-state index is -0.700. The molecule has 3 N–H and O–H groups in total. The van der Waals surface area contributed by atoms with Crippen LogP contribution in [0.1, 0.15) is 25.0 Å². The summed E-state index contributed by atoms with van der Waals surface area (Å²) in [6, 6.07) is 5.31. The third-order valence-corrected chi connectivity index (χ3v) is 3.34. The van der Waals surface area contributed by atoms with E-state index in [0.717, 1.165) is 11.1 Å². The highest BCUT2D eigenvalue weighted by molar-refractivity contribution is 6.39. The fourth-order valence-electron chi connectivity index (χ4n) is 1.71. The second-order valence-electron chi connectivity index (χ2n) is 5.19. The normalized spacial score (nSPS) is 13.4. The van der Waals surface area contributed by atoms with E-state index < -0.39 is 11.8 Å². The van der Waals surface area contributed by atoms with Gasteiger partial charge in [0.15, 0.2) is 0 Å². The molecule has 0 saturated heterocycles. The quantitative estimate of drug-likeness (QED) is 0.728. The molecule has 0 heterocycles. The molecule has 2 atom stereocenters. The number of aryl methyl sites for hydroxylation is 2. The van der Waals surface area contributed by atoms with Crippen LogP contribution in [0.2, 0.25) is 0 Å². The van der Waals surface area contributed by atoms with Crippen LogP contribution in [-0.4, -0.2) is 29.6 Å². The number of hydrogen-bond acceptors (Lipinski definition) is 3. The molecule has 1 aromatic carbocycles. The summed E-state index contributed by atoms with van der Waals surface area (Å²) in [5.41, 5.74) is 2.62. The second-order valence-corrected chi connectivity index (χ2v) is 5.19. The maximum Gasteiger partial charge on any atom is 0.313 e. The van der Waals surface area contributed by atoms with Crippen LogP contribution in [0, 0.1) is 19.8 Å². The van der Waals surface area contributed by atoms with Gasteiger partial charge in [-0.1, -0.05) is 24.6 Å². The fourth-order valence-corrected chi connectivity index (χ4v) is 1.71. The van der Waals surface area contributed by atoms with E-state index >= 15 is 0 Å². The predicted octanol–water partition coefficient (Wildman–Crippen LogP) is 1.38. The molecule has 1 rings (SSSR count). The van der Waals surface area contributed by atoms with E-state index in [2.05, 4.69) is 10.6 Å². The van der Waals surface area contributed by atoms with Gasteiger partial charge in [0.05, 0.1) is 0 Å². The number of nitrogens with one attached hydrogen (secondary N) is 2. The molecule has 0 fully saturated rings. The minimum absolute atomic E-state index is 0.0415. The maximum absolute atomic E-state index is 11.8. The Morgan fingerprint density at radius 1 is 1.20 bits per heavy atom. The number of carbonyl (C=O) groups is 2. The lowest BCUT2D eigenvalue weighted by atomic mass is 10.1. The zero-order valence-electron chi connectivity index (χ0n) is 12.4. The molecule has 110 valence electrons. The summed E-state index contributed by atoms with van der Waals surface area (Å²) in [6.07, 6.45) is 0. The van der Waals surface area contributed by atoms with Crippen LogP contribution in [-0.2, 0) is 9.59 Å². The highest BCUT2D eigenvalue weighted by Crippen LogP contribution is 2.15. The standard InChI is InChI=1S/C15H22N2O3/c1-9-5-6-13(10(2)7-9)17-15(20)14(19)16-12(4)11(3)8-18/h5-7,11-12,18H,8H2,1-4H3,(H,16,19)(H,17,20). The van der Waals surface area contributed by atoms with Crippen molar-refractivity contribution >= 4 is 17.5 Å². The Morgan fingerprint density at radius 3 is 2.40 bits per heavy atom. The summed E-state index contributed by atoms with van der Waals surface area (Å²) < 4.78 is 0. The largest absolute Gasteiger partial charge is 0.396 e. The van der Waals surface area contributed by atoms with E-state index in [1.807, 2.05) is 26.0 Å². The van der Waals surface area contributed by atoms with Crippen molar-refractivity contribution in [2.75, 3.05) is 11.9 Å². The Labute approximate surface area is 119 Å². The fraction of sp³-hybridized carbons (Fsp3) is 0.467. The highest BCUT2D eigenvalue weighted by Gasteiger charge is 2.19. The first kappa shape index (κ1) is 16.2. The third kappa shape index (κ3) is 4.35. The molecule has 5 heteroatoms. The number of aliphatic hydroxyl groups excluding tert-OH is 1. The van der Waals surface area contributed by atoms with Gasteiger partial charge >= 0.3 is 11.8 Å². The predicted molar refractivity (Wildman–Crippen MR) is 78.4 cm³/mol. The molecule has 1 aromatic rings. The first-order valence-corrected chi connectivity index (χ1v) is 6.65. The topological polar surface area (TPSA) is 78.4 Å². The van der Waals surface area contributed by atoms with Crippen LogP contribution in [0.3, 0.4) is 0 Å². The van der Waals surface area contributed by atoms with Crippen LogP contribution >= 0.6 is 0 Å². The first-order chi connectivity index (χ1) is 9.35. The molecule has 20 heavy (non-hydrogen) atoms. The van der Waals surface area contributed by atoms with Gasteiger partial charge in [0.2, 0.25) is 0 Å². The van der Waals surface area contributed by atoms with Crippen molar-refractivity contribution < 1.29 is 14.7 Å². The van der Waals surface area contributed by atoms with Crippen molar-refractivity contribution in [2.45, 2.75) is 33.7 Å². The zero-order valence-corrected chi connectivity index (χ0v) is 12.4. The van der Waals surface area contributed by atoms with Gasteiger partial charge in [-0.05, 0) is 38.3 Å². The Hall–Kier alpha value is -1.88. The Morgan fingerprint density at radius 2 is 1.85 bits per heavy atom. The summed E-state index contributed by atoms with van der Waals surface area (Å²) >= 11 is 0. The van der Waals surface area contributed by atoms with Crippen molar-refractivity contribution in [1.82, 2.24) is 5.32 Å². The number of benzene rings is 1. The number of aliphatic hydroxyl groups is 1. The monoisotopic (exact) mass is 278 g/mol. The zero-order chi connectivity index (χ0) is 15.3. The van der Waals surface area contributed by atoms with Crippen molar-refractivity contribution in [3.05, 3.63) is 29.3 Å². The Kier molecular flexibility index (Phi) is 5.70. The van der Waals surface area contributed by atoms with Crippen molar-refractivity contribution in [2.24, 2.45) is 5.92 Å². The first-order valence-electron chi connectivity index (χ1n) is 6.65. The average molecular weight is 278 g/mol. The van der Waals surface area contributed by atoms with Gasteiger partial charge in [-0.15, -0.1) is 0 Å². The number of anilines is 1. The van der Waals surface area contributed by atoms with E-state index in [-0.39, 0.29) is 18.6 Å². The summed E-state index contributed by atoms with van der Waals surface area (Å²) in [4.78, 5) is 23.6. The van der Waals surface area contributed by atoms with E-state index in [0.29, 0.717) is 5.69 Å². The molecule has 0 saturated carbocycles. The number of hydrogen-bond donors (Lipinski definition) is 3. The number of amides is 2. The molecule has 2 amide bonds. The number of rotatable bonds is 4. The summed E-state index contributed by atoms with van der Waals surface area (Å²) in [5, 5.41) is 14.2. The molecular formula is C15H22N2O3. The maximum atomic E-state index is 11.8. The van der Waals surface area contributed by atoms with Crippen molar-refractivity contribution in [3.63, 3.8) is 0 Å². The van der Waals surface area contributed by atoms with Crippen molar-refractivity contribution in [3.8, 4) is 0 Å². The number of carbonyl (C=O) groups excluding carboxylic acids is 2. The van der Waals surface area contributed by atoms with E-state index in [1.165, 1.54) is 0 Å². The van der Waals surface area contributed by atoms with Gasteiger partial charge in [0, 0.05) is 18.3 Å². The molecule has 0 bridgehead atoms. The SMILES string of the molecule is Cc1ccc(NC(=O)C(=O)NC(C)C(C)CO)c(C)c1. The molecule has 0 spiro atoms. The Balaban J connectivity index is 2.64. The summed E-state index contributed by atoms with van der Waals surface area (Å²) in [7, 11) is 0.